The molecule has 1 fully saturated rings. The molecule has 4 rings (SSSR count). The number of fused-ring (bicyclic) bond motifs is 1. The van der Waals surface area contributed by atoms with Crippen molar-refractivity contribution in [2.75, 3.05) is 25.0 Å². The third-order valence-electron chi connectivity index (χ3n) is 5.57. The average Bonchev–Trinajstić information content (AvgIpc) is 3.27. The Bertz CT molecular complexity index is 1050. The van der Waals surface area contributed by atoms with Crippen molar-refractivity contribution in [1.82, 2.24) is 14.7 Å². The minimum atomic E-state index is -0.0478. The highest BCUT2D eigenvalue weighted by atomic mass is 16.5. The number of nitrogens with one attached hydrogen (secondary N) is 2. The van der Waals surface area contributed by atoms with Crippen molar-refractivity contribution >= 4 is 11.3 Å². The first-order valence-electron chi connectivity index (χ1n) is 11.0. The highest BCUT2D eigenvalue weighted by Gasteiger charge is 2.18. The molecule has 2 N–H and O–H groups in total. The van der Waals surface area contributed by atoms with Crippen LogP contribution in [0.3, 0.4) is 0 Å². The monoisotopic (exact) mass is 406 g/mol. The van der Waals surface area contributed by atoms with E-state index in [9.17, 15) is 4.79 Å². The first-order chi connectivity index (χ1) is 14.7. The highest BCUT2D eigenvalue weighted by Crippen LogP contribution is 2.26. The van der Waals surface area contributed by atoms with Gasteiger partial charge in [-0.15, -0.1) is 0 Å². The highest BCUT2D eigenvalue weighted by molar-refractivity contribution is 5.70. The van der Waals surface area contributed by atoms with Gasteiger partial charge >= 0.3 is 0 Å². The van der Waals surface area contributed by atoms with Crippen LogP contribution in [0.25, 0.3) is 16.8 Å². The zero-order valence-corrected chi connectivity index (χ0v) is 17.8. The number of pyridine rings is 1. The molecular weight excluding hydrogens is 376 g/mol. The molecule has 1 aliphatic rings. The molecule has 158 valence electrons. The standard InChI is InChI=1S/C24H30N4O2/c1-3-5-7-20-22(17-9-11-18(12-10-17)26-19-13-14-25-16-19)24(29)28-15-6-8-21(30-4-2)23(28)27-20/h6,8-12,15,19,25-26H,3-5,7,13-14,16H2,1-2H3. The van der Waals surface area contributed by atoms with Gasteiger partial charge in [0.25, 0.3) is 5.56 Å². The summed E-state index contributed by atoms with van der Waals surface area (Å²) < 4.78 is 7.33. The summed E-state index contributed by atoms with van der Waals surface area (Å²) in [6.45, 7) is 6.66. The van der Waals surface area contributed by atoms with Gasteiger partial charge in [0.05, 0.1) is 17.9 Å². The summed E-state index contributed by atoms with van der Waals surface area (Å²) in [5, 5.41) is 6.93. The number of nitrogens with zero attached hydrogens (tertiary/aromatic N) is 2. The van der Waals surface area contributed by atoms with E-state index in [0.717, 1.165) is 55.7 Å². The van der Waals surface area contributed by atoms with Crippen molar-refractivity contribution in [3.63, 3.8) is 0 Å². The molecule has 3 aromatic rings. The largest absolute Gasteiger partial charge is 0.490 e. The lowest BCUT2D eigenvalue weighted by Crippen LogP contribution is -2.22. The quantitative estimate of drug-likeness (QED) is 0.594. The number of aromatic nitrogens is 2. The van der Waals surface area contributed by atoms with Crippen molar-refractivity contribution in [3.05, 3.63) is 58.6 Å². The first kappa shape index (κ1) is 20.4. The SMILES string of the molecule is CCCCc1nc2c(OCC)cccn2c(=O)c1-c1ccc(NC2CCNC2)cc1. The van der Waals surface area contributed by atoms with Crippen LogP contribution >= 0.6 is 0 Å². The molecule has 0 radical (unpaired) electrons. The first-order valence-corrected chi connectivity index (χ1v) is 11.0. The molecule has 0 amide bonds. The number of anilines is 1. The lowest BCUT2D eigenvalue weighted by atomic mass is 10.0. The molecule has 0 bridgehead atoms. The number of unbranched alkanes of at least 4 members (excludes halogenated alkanes) is 1. The lowest BCUT2D eigenvalue weighted by molar-refractivity contribution is 0.342. The van der Waals surface area contributed by atoms with Crippen molar-refractivity contribution in [2.24, 2.45) is 0 Å². The molecule has 6 heteroatoms. The zero-order valence-electron chi connectivity index (χ0n) is 17.8. The maximum Gasteiger partial charge on any atom is 0.266 e. The second-order valence-electron chi connectivity index (χ2n) is 7.75. The second-order valence-corrected chi connectivity index (χ2v) is 7.75. The van der Waals surface area contributed by atoms with Crippen LogP contribution in [0.5, 0.6) is 5.75 Å². The fourth-order valence-corrected chi connectivity index (χ4v) is 4.01. The summed E-state index contributed by atoms with van der Waals surface area (Å²) >= 11 is 0. The van der Waals surface area contributed by atoms with E-state index in [0.29, 0.717) is 29.6 Å². The smallest absolute Gasteiger partial charge is 0.266 e. The Labute approximate surface area is 177 Å². The molecule has 0 aliphatic carbocycles. The Hall–Kier alpha value is -2.86. The van der Waals surface area contributed by atoms with E-state index >= 15 is 0 Å². The Morgan fingerprint density at radius 1 is 1.23 bits per heavy atom. The number of benzene rings is 1. The molecule has 0 saturated carbocycles. The van der Waals surface area contributed by atoms with Crippen LogP contribution in [0.15, 0.2) is 47.4 Å². The van der Waals surface area contributed by atoms with E-state index < -0.39 is 0 Å². The molecule has 1 atom stereocenters. The van der Waals surface area contributed by atoms with Gasteiger partial charge in [0.15, 0.2) is 11.4 Å². The molecular formula is C24H30N4O2. The van der Waals surface area contributed by atoms with E-state index in [1.807, 2.05) is 31.2 Å². The van der Waals surface area contributed by atoms with Crippen LogP contribution in [-0.4, -0.2) is 35.1 Å². The summed E-state index contributed by atoms with van der Waals surface area (Å²) in [6.07, 6.45) is 5.70. The number of hydrogen-bond donors (Lipinski definition) is 2. The molecule has 2 aromatic heterocycles. The minimum Gasteiger partial charge on any atom is -0.490 e. The van der Waals surface area contributed by atoms with Crippen LogP contribution in [0.1, 0.15) is 38.8 Å². The van der Waals surface area contributed by atoms with Gasteiger partial charge < -0.3 is 15.4 Å². The fraction of sp³-hybridized carbons (Fsp3) is 0.417. The minimum absolute atomic E-state index is 0.0478. The summed E-state index contributed by atoms with van der Waals surface area (Å²) in [5.74, 6) is 0.645. The van der Waals surface area contributed by atoms with Crippen molar-refractivity contribution < 1.29 is 4.74 Å². The number of hydrogen-bond acceptors (Lipinski definition) is 5. The average molecular weight is 407 g/mol. The molecule has 1 aliphatic heterocycles. The van der Waals surface area contributed by atoms with Gasteiger partial charge in [-0.2, -0.15) is 0 Å². The molecule has 1 aromatic carbocycles. The van der Waals surface area contributed by atoms with Gasteiger partial charge in [-0.05, 0) is 62.6 Å². The topological polar surface area (TPSA) is 67.7 Å². The molecule has 0 spiro atoms. The molecule has 1 saturated heterocycles. The molecule has 1 unspecified atom stereocenters. The summed E-state index contributed by atoms with van der Waals surface area (Å²) in [5.41, 5.74) is 4.05. The summed E-state index contributed by atoms with van der Waals surface area (Å²) in [7, 11) is 0. The summed E-state index contributed by atoms with van der Waals surface area (Å²) in [6, 6.07) is 12.3. The maximum absolute atomic E-state index is 13.5. The van der Waals surface area contributed by atoms with E-state index in [2.05, 4.69) is 29.7 Å². The normalized spacial score (nSPS) is 16.1. The van der Waals surface area contributed by atoms with Crippen molar-refractivity contribution in [1.29, 1.82) is 0 Å². The number of aryl methyl sites for hydroxylation is 1. The van der Waals surface area contributed by atoms with Crippen molar-refractivity contribution in [3.8, 4) is 16.9 Å². The van der Waals surface area contributed by atoms with Crippen molar-refractivity contribution in [2.45, 2.75) is 45.6 Å². The third kappa shape index (κ3) is 4.19. The van der Waals surface area contributed by atoms with Crippen LogP contribution < -0.4 is 20.9 Å². The van der Waals surface area contributed by atoms with Gasteiger partial charge in [0.1, 0.15) is 0 Å². The predicted molar refractivity (Wildman–Crippen MR) is 122 cm³/mol. The van der Waals surface area contributed by atoms with Crippen LogP contribution in [0.2, 0.25) is 0 Å². The van der Waals surface area contributed by atoms with Crippen LogP contribution in [0.4, 0.5) is 5.69 Å². The third-order valence-corrected chi connectivity index (χ3v) is 5.57. The molecule has 3 heterocycles. The maximum atomic E-state index is 13.5. The second kappa shape index (κ2) is 9.30. The van der Waals surface area contributed by atoms with E-state index in [-0.39, 0.29) is 5.56 Å². The lowest BCUT2D eigenvalue weighted by Gasteiger charge is -2.15. The van der Waals surface area contributed by atoms with Gasteiger partial charge in [-0.25, -0.2) is 4.98 Å². The van der Waals surface area contributed by atoms with Gasteiger partial charge in [-0.1, -0.05) is 25.5 Å². The predicted octanol–water partition coefficient (Wildman–Crippen LogP) is 3.88. The Balaban J connectivity index is 1.76. The van der Waals surface area contributed by atoms with E-state index in [1.54, 1.807) is 10.6 Å². The summed E-state index contributed by atoms with van der Waals surface area (Å²) in [4.78, 5) is 18.4. The van der Waals surface area contributed by atoms with Gasteiger partial charge in [0.2, 0.25) is 0 Å². The zero-order chi connectivity index (χ0) is 20.9. The van der Waals surface area contributed by atoms with Crippen LogP contribution in [-0.2, 0) is 6.42 Å². The number of rotatable bonds is 8. The fourth-order valence-electron chi connectivity index (χ4n) is 4.01. The van der Waals surface area contributed by atoms with E-state index in [4.69, 9.17) is 9.72 Å². The van der Waals surface area contributed by atoms with Gasteiger partial charge in [-0.3, -0.25) is 9.20 Å². The van der Waals surface area contributed by atoms with E-state index in [1.165, 1.54) is 0 Å². The number of ether oxygens (including phenoxy) is 1. The van der Waals surface area contributed by atoms with Gasteiger partial charge in [0, 0.05) is 24.5 Å². The molecule has 6 nitrogen and oxygen atoms in total. The Kier molecular flexibility index (Phi) is 6.33. The Morgan fingerprint density at radius 3 is 2.77 bits per heavy atom. The molecule has 30 heavy (non-hydrogen) atoms. The van der Waals surface area contributed by atoms with Crippen LogP contribution in [0, 0.1) is 0 Å². The Morgan fingerprint density at radius 2 is 2.07 bits per heavy atom.